The summed E-state index contributed by atoms with van der Waals surface area (Å²) in [6, 6.07) is 13.8. The Bertz CT molecular complexity index is 823. The van der Waals surface area contributed by atoms with Gasteiger partial charge in [-0.25, -0.2) is 4.68 Å². The van der Waals surface area contributed by atoms with Gasteiger partial charge >= 0.3 is 0 Å². The van der Waals surface area contributed by atoms with E-state index < -0.39 is 0 Å². The van der Waals surface area contributed by atoms with Gasteiger partial charge in [0.2, 0.25) is 0 Å². The maximum Gasteiger partial charge on any atom is 0.105 e. The van der Waals surface area contributed by atoms with E-state index in [0.717, 1.165) is 28.2 Å². The van der Waals surface area contributed by atoms with Crippen LogP contribution in [0.1, 0.15) is 16.8 Å². The van der Waals surface area contributed by atoms with E-state index in [1.807, 2.05) is 41.1 Å². The van der Waals surface area contributed by atoms with Crippen LogP contribution in [0.5, 0.6) is 0 Å². The largest absolute Gasteiger partial charge is 0.325 e. The Morgan fingerprint density at radius 2 is 1.86 bits per heavy atom. The molecule has 3 rings (SSSR count). The molecule has 2 aromatic carbocycles. The van der Waals surface area contributed by atoms with Crippen molar-refractivity contribution in [1.82, 2.24) is 15.0 Å². The number of aromatic nitrogens is 3. The fraction of sp³-hybridized carbons (Fsp3) is 0.176. The third-order valence-corrected chi connectivity index (χ3v) is 4.20. The molecule has 2 N–H and O–H groups in total. The van der Waals surface area contributed by atoms with Crippen LogP contribution in [0, 0.1) is 13.8 Å². The molecule has 0 saturated carbocycles. The number of nitrogens with two attached hydrogens (primary N) is 1. The van der Waals surface area contributed by atoms with Crippen molar-refractivity contribution in [2.75, 3.05) is 0 Å². The molecule has 0 fully saturated rings. The fourth-order valence-corrected chi connectivity index (χ4v) is 2.73. The number of halogens is 1. The highest BCUT2D eigenvalue weighted by Crippen LogP contribution is 2.32. The SMILES string of the molecule is Cc1cccc(-n2nnc(CN)c2-c2ccccc2Cl)c1C. The minimum atomic E-state index is 0.311. The van der Waals surface area contributed by atoms with Crippen molar-refractivity contribution in [3.05, 3.63) is 64.3 Å². The molecule has 0 spiro atoms. The average Bonchev–Trinajstić information content (AvgIpc) is 2.94. The predicted octanol–water partition coefficient (Wildman–Crippen LogP) is 3.66. The van der Waals surface area contributed by atoms with Gasteiger partial charge in [-0.1, -0.05) is 47.1 Å². The normalized spacial score (nSPS) is 10.9. The number of benzene rings is 2. The lowest BCUT2D eigenvalue weighted by Gasteiger charge is -2.13. The Hall–Kier alpha value is -2.17. The molecule has 1 aromatic heterocycles. The van der Waals surface area contributed by atoms with Gasteiger partial charge in [0.1, 0.15) is 11.4 Å². The number of rotatable bonds is 3. The highest BCUT2D eigenvalue weighted by Gasteiger charge is 2.18. The molecular formula is C17H17ClN4. The zero-order valence-electron chi connectivity index (χ0n) is 12.5. The zero-order valence-corrected chi connectivity index (χ0v) is 13.3. The molecule has 112 valence electrons. The maximum atomic E-state index is 6.37. The first kappa shape index (κ1) is 14.8. The lowest BCUT2D eigenvalue weighted by Crippen LogP contribution is -2.05. The number of nitrogens with zero attached hydrogens (tertiary/aromatic N) is 3. The van der Waals surface area contributed by atoms with Crippen molar-refractivity contribution < 1.29 is 0 Å². The van der Waals surface area contributed by atoms with Gasteiger partial charge in [0.15, 0.2) is 0 Å². The highest BCUT2D eigenvalue weighted by molar-refractivity contribution is 6.33. The molecule has 0 aliphatic heterocycles. The van der Waals surface area contributed by atoms with E-state index in [9.17, 15) is 0 Å². The first-order chi connectivity index (χ1) is 10.6. The van der Waals surface area contributed by atoms with Crippen molar-refractivity contribution in [1.29, 1.82) is 0 Å². The number of hydrogen-bond donors (Lipinski definition) is 1. The molecule has 4 nitrogen and oxygen atoms in total. The third kappa shape index (κ3) is 2.40. The molecule has 0 aliphatic rings. The third-order valence-electron chi connectivity index (χ3n) is 3.87. The van der Waals surface area contributed by atoms with Crippen LogP contribution in [0.3, 0.4) is 0 Å². The number of hydrogen-bond acceptors (Lipinski definition) is 3. The minimum absolute atomic E-state index is 0.311. The van der Waals surface area contributed by atoms with Crippen molar-refractivity contribution in [3.8, 4) is 16.9 Å². The average molecular weight is 313 g/mol. The quantitative estimate of drug-likeness (QED) is 0.803. The van der Waals surface area contributed by atoms with Crippen LogP contribution < -0.4 is 5.73 Å². The smallest absolute Gasteiger partial charge is 0.105 e. The van der Waals surface area contributed by atoms with Gasteiger partial charge < -0.3 is 5.73 Å². The van der Waals surface area contributed by atoms with E-state index in [-0.39, 0.29) is 0 Å². The van der Waals surface area contributed by atoms with Crippen LogP contribution in [0.4, 0.5) is 0 Å². The summed E-state index contributed by atoms with van der Waals surface area (Å²) in [5.74, 6) is 0. The Morgan fingerprint density at radius 1 is 1.09 bits per heavy atom. The van der Waals surface area contributed by atoms with Gasteiger partial charge in [0.05, 0.1) is 10.7 Å². The Morgan fingerprint density at radius 3 is 2.59 bits per heavy atom. The second-order valence-electron chi connectivity index (χ2n) is 5.20. The Balaban J connectivity index is 2.29. The summed E-state index contributed by atoms with van der Waals surface area (Å²) in [6.07, 6.45) is 0. The standard InChI is InChI=1S/C17H17ClN4/c1-11-6-5-9-16(12(11)2)22-17(15(10-19)20-21-22)13-7-3-4-8-14(13)18/h3-9H,10,19H2,1-2H3. The summed E-state index contributed by atoms with van der Waals surface area (Å²) in [5, 5.41) is 9.19. The maximum absolute atomic E-state index is 6.37. The molecule has 0 amide bonds. The minimum Gasteiger partial charge on any atom is -0.325 e. The van der Waals surface area contributed by atoms with Gasteiger partial charge in [0, 0.05) is 12.1 Å². The van der Waals surface area contributed by atoms with Crippen molar-refractivity contribution in [2.45, 2.75) is 20.4 Å². The van der Waals surface area contributed by atoms with Gasteiger partial charge in [0.25, 0.3) is 0 Å². The molecule has 0 aliphatic carbocycles. The Kier molecular flexibility index (Phi) is 3.96. The monoisotopic (exact) mass is 312 g/mol. The molecule has 0 radical (unpaired) electrons. The van der Waals surface area contributed by atoms with Gasteiger partial charge in [-0.2, -0.15) is 0 Å². The summed E-state index contributed by atoms with van der Waals surface area (Å²) >= 11 is 6.37. The first-order valence-electron chi connectivity index (χ1n) is 7.09. The van der Waals surface area contributed by atoms with Crippen LogP contribution in [0.25, 0.3) is 16.9 Å². The molecule has 0 bridgehead atoms. The van der Waals surface area contributed by atoms with Crippen LogP contribution in [-0.4, -0.2) is 15.0 Å². The van der Waals surface area contributed by atoms with Crippen LogP contribution >= 0.6 is 11.6 Å². The molecule has 1 heterocycles. The van der Waals surface area contributed by atoms with Gasteiger partial charge in [-0.05, 0) is 37.1 Å². The van der Waals surface area contributed by atoms with Crippen LogP contribution in [0.15, 0.2) is 42.5 Å². The van der Waals surface area contributed by atoms with E-state index in [1.165, 1.54) is 5.56 Å². The Labute approximate surface area is 134 Å². The summed E-state index contributed by atoms with van der Waals surface area (Å²) in [4.78, 5) is 0. The van der Waals surface area contributed by atoms with E-state index >= 15 is 0 Å². The lowest BCUT2D eigenvalue weighted by atomic mass is 10.1. The topological polar surface area (TPSA) is 56.7 Å². The van der Waals surface area contributed by atoms with Crippen LogP contribution in [-0.2, 0) is 6.54 Å². The fourth-order valence-electron chi connectivity index (χ4n) is 2.51. The number of aryl methyl sites for hydroxylation is 1. The van der Waals surface area contributed by atoms with E-state index in [0.29, 0.717) is 11.6 Å². The van der Waals surface area contributed by atoms with E-state index in [4.69, 9.17) is 17.3 Å². The van der Waals surface area contributed by atoms with Gasteiger partial charge in [-0.3, -0.25) is 0 Å². The second kappa shape index (κ2) is 5.91. The second-order valence-corrected chi connectivity index (χ2v) is 5.61. The summed E-state index contributed by atoms with van der Waals surface area (Å²) < 4.78 is 1.83. The molecule has 22 heavy (non-hydrogen) atoms. The molecule has 0 atom stereocenters. The molecule has 5 heteroatoms. The van der Waals surface area contributed by atoms with E-state index in [1.54, 1.807) is 0 Å². The summed E-state index contributed by atoms with van der Waals surface area (Å²) in [7, 11) is 0. The summed E-state index contributed by atoms with van der Waals surface area (Å²) in [5.41, 5.74) is 11.6. The highest BCUT2D eigenvalue weighted by atomic mass is 35.5. The van der Waals surface area contributed by atoms with Gasteiger partial charge in [-0.15, -0.1) is 5.10 Å². The van der Waals surface area contributed by atoms with Crippen molar-refractivity contribution >= 4 is 11.6 Å². The predicted molar refractivity (Wildman–Crippen MR) is 89.2 cm³/mol. The lowest BCUT2D eigenvalue weighted by molar-refractivity contribution is 0.795. The van der Waals surface area contributed by atoms with Crippen LogP contribution in [0.2, 0.25) is 5.02 Å². The molecule has 3 aromatic rings. The zero-order chi connectivity index (χ0) is 15.7. The summed E-state index contributed by atoms with van der Waals surface area (Å²) in [6.45, 7) is 4.46. The first-order valence-corrected chi connectivity index (χ1v) is 7.47. The molecule has 0 unspecified atom stereocenters. The molecular weight excluding hydrogens is 296 g/mol. The van der Waals surface area contributed by atoms with Crippen molar-refractivity contribution in [2.24, 2.45) is 5.73 Å². The van der Waals surface area contributed by atoms with E-state index in [2.05, 4.69) is 30.2 Å². The molecule has 0 saturated heterocycles. The van der Waals surface area contributed by atoms with Crippen molar-refractivity contribution in [3.63, 3.8) is 0 Å².